The molecule has 0 aromatic heterocycles. The standard InChI is InChI=1S/C20H19N3O4/c1-4-26-17-11-16(8-5-13(17)12-21)27-15-9-6-14(7-10-15)23-18(24)20(2,3)22-19(23)25/h5-11H,4H2,1-3H3,(H,22,25). The smallest absolute Gasteiger partial charge is 0.329 e. The quantitative estimate of drug-likeness (QED) is 0.818. The molecule has 0 aliphatic carbocycles. The average Bonchev–Trinajstić information content (AvgIpc) is 2.84. The van der Waals surface area contributed by atoms with Gasteiger partial charge in [0, 0.05) is 6.07 Å². The van der Waals surface area contributed by atoms with Crippen LogP contribution in [-0.2, 0) is 4.79 Å². The number of nitrogens with one attached hydrogen (secondary N) is 1. The van der Waals surface area contributed by atoms with Gasteiger partial charge in [-0.15, -0.1) is 0 Å². The molecule has 1 fully saturated rings. The van der Waals surface area contributed by atoms with Gasteiger partial charge in [0.25, 0.3) is 5.91 Å². The van der Waals surface area contributed by atoms with Crippen molar-refractivity contribution < 1.29 is 19.1 Å². The highest BCUT2D eigenvalue weighted by Crippen LogP contribution is 2.30. The van der Waals surface area contributed by atoms with E-state index in [0.29, 0.717) is 35.1 Å². The number of nitriles is 1. The van der Waals surface area contributed by atoms with E-state index >= 15 is 0 Å². The summed E-state index contributed by atoms with van der Waals surface area (Å²) in [5, 5.41) is 11.7. The number of nitrogens with zero attached hydrogens (tertiary/aromatic N) is 2. The largest absolute Gasteiger partial charge is 0.492 e. The third kappa shape index (κ3) is 3.55. The summed E-state index contributed by atoms with van der Waals surface area (Å²) in [4.78, 5) is 25.5. The summed E-state index contributed by atoms with van der Waals surface area (Å²) in [6.45, 7) is 5.59. The highest BCUT2D eigenvalue weighted by molar-refractivity contribution is 6.23. The Bertz CT molecular complexity index is 929. The number of carbonyl (C=O) groups is 2. The summed E-state index contributed by atoms with van der Waals surface area (Å²) in [6, 6.07) is 13.2. The van der Waals surface area contributed by atoms with E-state index in [4.69, 9.17) is 14.7 Å². The number of ether oxygens (including phenoxy) is 2. The van der Waals surface area contributed by atoms with E-state index in [1.165, 1.54) is 0 Å². The van der Waals surface area contributed by atoms with Crippen LogP contribution >= 0.6 is 0 Å². The molecule has 0 unspecified atom stereocenters. The van der Waals surface area contributed by atoms with Gasteiger partial charge in [-0.05, 0) is 57.2 Å². The van der Waals surface area contributed by atoms with E-state index in [-0.39, 0.29) is 5.91 Å². The van der Waals surface area contributed by atoms with Crippen molar-refractivity contribution in [2.24, 2.45) is 0 Å². The van der Waals surface area contributed by atoms with E-state index in [0.717, 1.165) is 4.90 Å². The van der Waals surface area contributed by atoms with Gasteiger partial charge in [-0.2, -0.15) is 5.26 Å². The molecule has 7 heteroatoms. The monoisotopic (exact) mass is 365 g/mol. The second-order valence-corrected chi connectivity index (χ2v) is 6.49. The average molecular weight is 365 g/mol. The predicted octanol–water partition coefficient (Wildman–Crippen LogP) is 3.58. The van der Waals surface area contributed by atoms with Crippen molar-refractivity contribution in [1.82, 2.24) is 5.32 Å². The van der Waals surface area contributed by atoms with Gasteiger partial charge in [-0.1, -0.05) is 0 Å². The first-order valence-electron chi connectivity index (χ1n) is 8.47. The van der Waals surface area contributed by atoms with Gasteiger partial charge in [0.05, 0.1) is 17.9 Å². The second-order valence-electron chi connectivity index (χ2n) is 6.49. The lowest BCUT2D eigenvalue weighted by molar-refractivity contribution is -0.121. The molecular weight excluding hydrogens is 346 g/mol. The zero-order valence-electron chi connectivity index (χ0n) is 15.3. The fraction of sp³-hybridized carbons (Fsp3) is 0.250. The topological polar surface area (TPSA) is 91.7 Å². The molecule has 0 radical (unpaired) electrons. The zero-order valence-corrected chi connectivity index (χ0v) is 15.3. The Morgan fingerprint density at radius 1 is 1.11 bits per heavy atom. The molecule has 0 saturated carbocycles. The Balaban J connectivity index is 1.79. The van der Waals surface area contributed by atoms with Gasteiger partial charge in [-0.25, -0.2) is 9.69 Å². The van der Waals surface area contributed by atoms with Crippen LogP contribution in [0.3, 0.4) is 0 Å². The summed E-state index contributed by atoms with van der Waals surface area (Å²) < 4.78 is 11.2. The first-order chi connectivity index (χ1) is 12.9. The number of carbonyl (C=O) groups excluding carboxylic acids is 2. The molecule has 1 saturated heterocycles. The molecule has 2 aromatic rings. The second kappa shape index (κ2) is 7.00. The van der Waals surface area contributed by atoms with Crippen molar-refractivity contribution in [1.29, 1.82) is 5.26 Å². The fourth-order valence-electron chi connectivity index (χ4n) is 2.72. The van der Waals surface area contributed by atoms with Gasteiger partial charge in [0.2, 0.25) is 0 Å². The maximum Gasteiger partial charge on any atom is 0.329 e. The van der Waals surface area contributed by atoms with Crippen LogP contribution in [0.4, 0.5) is 10.5 Å². The molecule has 27 heavy (non-hydrogen) atoms. The molecule has 2 aromatic carbocycles. The third-order valence-corrected chi connectivity index (χ3v) is 4.06. The van der Waals surface area contributed by atoms with Crippen molar-refractivity contribution in [3.8, 4) is 23.3 Å². The Morgan fingerprint density at radius 3 is 2.33 bits per heavy atom. The van der Waals surface area contributed by atoms with E-state index in [2.05, 4.69) is 11.4 Å². The van der Waals surface area contributed by atoms with Gasteiger partial charge in [0.1, 0.15) is 28.9 Å². The van der Waals surface area contributed by atoms with Gasteiger partial charge in [0.15, 0.2) is 0 Å². The summed E-state index contributed by atoms with van der Waals surface area (Å²) in [6.07, 6.45) is 0. The number of hydrogen-bond acceptors (Lipinski definition) is 5. The maximum atomic E-state index is 12.3. The van der Waals surface area contributed by atoms with Crippen molar-refractivity contribution in [2.45, 2.75) is 26.3 Å². The molecule has 1 aliphatic rings. The Kier molecular flexibility index (Phi) is 4.74. The molecular formula is C20H19N3O4. The highest BCUT2D eigenvalue weighted by atomic mass is 16.5. The molecule has 1 N–H and O–H groups in total. The minimum absolute atomic E-state index is 0.311. The number of rotatable bonds is 5. The maximum absolute atomic E-state index is 12.3. The lowest BCUT2D eigenvalue weighted by Crippen LogP contribution is -2.40. The van der Waals surface area contributed by atoms with E-state index in [1.54, 1.807) is 56.3 Å². The lowest BCUT2D eigenvalue weighted by atomic mass is 10.1. The highest BCUT2D eigenvalue weighted by Gasteiger charge is 2.44. The van der Waals surface area contributed by atoms with Gasteiger partial charge in [-0.3, -0.25) is 4.79 Å². The summed E-state index contributed by atoms with van der Waals surface area (Å²) >= 11 is 0. The van der Waals surface area contributed by atoms with E-state index < -0.39 is 11.6 Å². The van der Waals surface area contributed by atoms with Crippen LogP contribution in [0.1, 0.15) is 26.3 Å². The molecule has 1 aliphatic heterocycles. The third-order valence-electron chi connectivity index (χ3n) is 4.06. The van der Waals surface area contributed by atoms with Gasteiger partial charge >= 0.3 is 6.03 Å². The van der Waals surface area contributed by atoms with Crippen molar-refractivity contribution in [3.05, 3.63) is 48.0 Å². The minimum atomic E-state index is -0.926. The molecule has 1 heterocycles. The van der Waals surface area contributed by atoms with Crippen LogP contribution in [-0.4, -0.2) is 24.1 Å². The normalized spacial score (nSPS) is 15.3. The van der Waals surface area contributed by atoms with Crippen LogP contribution < -0.4 is 19.7 Å². The number of imide groups is 1. The molecule has 3 amide bonds. The predicted molar refractivity (Wildman–Crippen MR) is 98.9 cm³/mol. The zero-order chi connectivity index (χ0) is 19.6. The van der Waals surface area contributed by atoms with Gasteiger partial charge < -0.3 is 14.8 Å². The summed E-state index contributed by atoms with van der Waals surface area (Å²) in [7, 11) is 0. The SMILES string of the molecule is CCOc1cc(Oc2ccc(N3C(=O)NC(C)(C)C3=O)cc2)ccc1C#N. The number of benzene rings is 2. The number of urea groups is 1. The van der Waals surface area contributed by atoms with Crippen LogP contribution in [0.2, 0.25) is 0 Å². The van der Waals surface area contributed by atoms with Crippen LogP contribution in [0.25, 0.3) is 0 Å². The van der Waals surface area contributed by atoms with Crippen LogP contribution in [0.5, 0.6) is 17.2 Å². The van der Waals surface area contributed by atoms with Crippen molar-refractivity contribution in [2.75, 3.05) is 11.5 Å². The number of anilines is 1. The number of hydrogen-bond donors (Lipinski definition) is 1. The Labute approximate surface area is 157 Å². The molecule has 0 bridgehead atoms. The number of amides is 3. The Morgan fingerprint density at radius 2 is 1.78 bits per heavy atom. The fourth-order valence-corrected chi connectivity index (χ4v) is 2.72. The van der Waals surface area contributed by atoms with Crippen molar-refractivity contribution in [3.63, 3.8) is 0 Å². The minimum Gasteiger partial charge on any atom is -0.492 e. The molecule has 138 valence electrons. The Hall–Kier alpha value is -3.53. The van der Waals surface area contributed by atoms with E-state index in [1.807, 2.05) is 6.92 Å². The van der Waals surface area contributed by atoms with Crippen molar-refractivity contribution >= 4 is 17.6 Å². The molecule has 3 rings (SSSR count). The van der Waals surface area contributed by atoms with Crippen LogP contribution in [0, 0.1) is 11.3 Å². The molecule has 7 nitrogen and oxygen atoms in total. The lowest BCUT2D eigenvalue weighted by Gasteiger charge is -2.16. The first kappa shape index (κ1) is 18.3. The summed E-state index contributed by atoms with van der Waals surface area (Å²) in [5.41, 5.74) is -0.0317. The molecule has 0 atom stereocenters. The molecule has 0 spiro atoms. The van der Waals surface area contributed by atoms with E-state index in [9.17, 15) is 9.59 Å². The van der Waals surface area contributed by atoms with Crippen LogP contribution in [0.15, 0.2) is 42.5 Å². The summed E-state index contributed by atoms with van der Waals surface area (Å²) in [5.74, 6) is 1.18. The first-order valence-corrected chi connectivity index (χ1v) is 8.47.